The average Bonchev–Trinajstić information content (AvgIpc) is 2.35. The summed E-state index contributed by atoms with van der Waals surface area (Å²) in [4.78, 5) is 11.4. The van der Waals surface area contributed by atoms with Crippen molar-refractivity contribution in [3.05, 3.63) is 28.8 Å². The molecule has 0 bridgehead atoms. The second-order valence-corrected chi connectivity index (χ2v) is 2.97. The number of rotatable bonds is 3. The van der Waals surface area contributed by atoms with Crippen molar-refractivity contribution >= 4 is 5.97 Å². The molecule has 5 nitrogen and oxygen atoms in total. The summed E-state index contributed by atoms with van der Waals surface area (Å²) in [5, 5.41) is 17.9. The maximum Gasteiger partial charge on any atom is 0.341 e. The van der Waals surface area contributed by atoms with Crippen LogP contribution in [0.3, 0.4) is 0 Å². The minimum atomic E-state index is -0.573. The van der Waals surface area contributed by atoms with Crippen LogP contribution in [-0.2, 0) is 11.3 Å². The highest BCUT2D eigenvalue weighted by atomic mass is 16.5. The standard InChI is InChI=1S/C11H11NO4/c1-15-10-4-7(5-12)8(6-13)3-9(10)11(14)16-2/h3-4,13H,6H2,1-2H3. The van der Waals surface area contributed by atoms with Crippen molar-refractivity contribution < 1.29 is 19.4 Å². The predicted molar refractivity (Wildman–Crippen MR) is 55.0 cm³/mol. The van der Waals surface area contributed by atoms with Gasteiger partial charge in [0.1, 0.15) is 11.3 Å². The Kier molecular flexibility index (Phi) is 3.86. The van der Waals surface area contributed by atoms with Crippen LogP contribution in [0.5, 0.6) is 5.75 Å². The van der Waals surface area contributed by atoms with Crippen molar-refractivity contribution in [2.45, 2.75) is 6.61 Å². The summed E-state index contributed by atoms with van der Waals surface area (Å²) >= 11 is 0. The summed E-state index contributed by atoms with van der Waals surface area (Å²) in [6.07, 6.45) is 0. The number of esters is 1. The maximum atomic E-state index is 11.4. The van der Waals surface area contributed by atoms with Gasteiger partial charge in [0.2, 0.25) is 0 Å². The van der Waals surface area contributed by atoms with Crippen LogP contribution in [0.4, 0.5) is 0 Å². The number of benzene rings is 1. The molecule has 0 unspecified atom stereocenters. The molecule has 0 aliphatic rings. The monoisotopic (exact) mass is 221 g/mol. The Hall–Kier alpha value is -2.06. The number of carbonyl (C=O) groups excluding carboxylic acids is 1. The first-order valence-corrected chi connectivity index (χ1v) is 4.48. The Bertz CT molecular complexity index is 448. The second-order valence-electron chi connectivity index (χ2n) is 2.97. The number of methoxy groups -OCH3 is 2. The number of aliphatic hydroxyl groups is 1. The molecule has 0 amide bonds. The number of carbonyl (C=O) groups is 1. The number of nitriles is 1. The van der Waals surface area contributed by atoms with Crippen LogP contribution in [0, 0.1) is 11.3 Å². The molecule has 0 aliphatic heterocycles. The van der Waals surface area contributed by atoms with E-state index in [1.165, 1.54) is 26.4 Å². The Balaban J connectivity index is 3.38. The molecule has 0 saturated heterocycles. The molecule has 0 aliphatic carbocycles. The molecule has 0 fully saturated rings. The third-order valence-electron chi connectivity index (χ3n) is 2.12. The van der Waals surface area contributed by atoms with Gasteiger partial charge in [-0.2, -0.15) is 5.26 Å². The van der Waals surface area contributed by atoms with Crippen LogP contribution in [0.2, 0.25) is 0 Å². The first kappa shape index (κ1) is 12.0. The van der Waals surface area contributed by atoms with Crippen molar-refractivity contribution in [1.29, 1.82) is 5.26 Å². The van der Waals surface area contributed by atoms with Gasteiger partial charge in [-0.15, -0.1) is 0 Å². The van der Waals surface area contributed by atoms with Crippen LogP contribution in [0.25, 0.3) is 0 Å². The highest BCUT2D eigenvalue weighted by molar-refractivity contribution is 5.93. The van der Waals surface area contributed by atoms with E-state index in [1.807, 2.05) is 6.07 Å². The summed E-state index contributed by atoms with van der Waals surface area (Å²) in [7, 11) is 2.64. The van der Waals surface area contributed by atoms with E-state index in [9.17, 15) is 4.79 Å². The number of aliphatic hydroxyl groups excluding tert-OH is 1. The van der Waals surface area contributed by atoms with Crippen LogP contribution in [0.1, 0.15) is 21.5 Å². The van der Waals surface area contributed by atoms with Crippen molar-refractivity contribution in [3.8, 4) is 11.8 Å². The Labute approximate surface area is 92.8 Å². The van der Waals surface area contributed by atoms with Gasteiger partial charge < -0.3 is 14.6 Å². The first-order chi connectivity index (χ1) is 7.67. The molecule has 0 heterocycles. The highest BCUT2D eigenvalue weighted by Crippen LogP contribution is 2.24. The molecule has 0 spiro atoms. The van der Waals surface area contributed by atoms with E-state index in [4.69, 9.17) is 15.1 Å². The molecule has 1 N–H and O–H groups in total. The van der Waals surface area contributed by atoms with Crippen molar-refractivity contribution in [2.24, 2.45) is 0 Å². The quantitative estimate of drug-likeness (QED) is 0.765. The lowest BCUT2D eigenvalue weighted by Crippen LogP contribution is -2.06. The van der Waals surface area contributed by atoms with E-state index in [0.717, 1.165) is 0 Å². The third-order valence-corrected chi connectivity index (χ3v) is 2.12. The van der Waals surface area contributed by atoms with Gasteiger partial charge in [-0.05, 0) is 17.7 Å². The molecular weight excluding hydrogens is 210 g/mol. The smallest absolute Gasteiger partial charge is 0.341 e. The highest BCUT2D eigenvalue weighted by Gasteiger charge is 2.16. The Morgan fingerprint density at radius 1 is 1.50 bits per heavy atom. The van der Waals surface area contributed by atoms with Crippen LogP contribution in [0.15, 0.2) is 12.1 Å². The minimum Gasteiger partial charge on any atom is -0.496 e. The van der Waals surface area contributed by atoms with E-state index < -0.39 is 5.97 Å². The van der Waals surface area contributed by atoms with Crippen LogP contribution >= 0.6 is 0 Å². The lowest BCUT2D eigenvalue weighted by Gasteiger charge is -2.09. The van der Waals surface area contributed by atoms with Gasteiger partial charge in [0.05, 0.1) is 32.5 Å². The van der Waals surface area contributed by atoms with E-state index in [-0.39, 0.29) is 23.5 Å². The minimum absolute atomic E-state index is 0.188. The molecule has 16 heavy (non-hydrogen) atoms. The predicted octanol–water partition coefficient (Wildman–Crippen LogP) is 0.846. The SMILES string of the molecule is COC(=O)c1cc(CO)c(C#N)cc1OC. The summed E-state index contributed by atoms with van der Waals surface area (Å²) in [6, 6.07) is 4.71. The molecule has 1 rings (SSSR count). The molecule has 84 valence electrons. The molecule has 0 aromatic heterocycles. The van der Waals surface area contributed by atoms with Crippen molar-refractivity contribution in [3.63, 3.8) is 0 Å². The fourth-order valence-corrected chi connectivity index (χ4v) is 1.30. The molecule has 1 aromatic rings. The molecule has 0 atom stereocenters. The molecule has 0 saturated carbocycles. The number of nitrogens with zero attached hydrogens (tertiary/aromatic N) is 1. The van der Waals surface area contributed by atoms with Gasteiger partial charge in [0.25, 0.3) is 0 Å². The van der Waals surface area contributed by atoms with E-state index >= 15 is 0 Å². The van der Waals surface area contributed by atoms with E-state index in [1.54, 1.807) is 0 Å². The molecule has 5 heteroatoms. The lowest BCUT2D eigenvalue weighted by molar-refractivity contribution is 0.0597. The fraction of sp³-hybridized carbons (Fsp3) is 0.273. The second kappa shape index (κ2) is 5.14. The summed E-state index contributed by atoms with van der Waals surface area (Å²) in [5.74, 6) is -0.323. The van der Waals surface area contributed by atoms with Gasteiger partial charge in [0, 0.05) is 0 Å². The topological polar surface area (TPSA) is 79.5 Å². The maximum absolute atomic E-state index is 11.4. The zero-order valence-electron chi connectivity index (χ0n) is 8.98. The van der Waals surface area contributed by atoms with Gasteiger partial charge in [0.15, 0.2) is 0 Å². The average molecular weight is 221 g/mol. The largest absolute Gasteiger partial charge is 0.496 e. The van der Waals surface area contributed by atoms with Gasteiger partial charge >= 0.3 is 5.97 Å². The summed E-state index contributed by atoms with van der Waals surface area (Å²) in [6.45, 7) is -0.323. The first-order valence-electron chi connectivity index (χ1n) is 4.48. The molecule has 0 radical (unpaired) electrons. The number of hydrogen-bond acceptors (Lipinski definition) is 5. The van der Waals surface area contributed by atoms with Crippen LogP contribution < -0.4 is 4.74 Å². The third kappa shape index (κ3) is 2.12. The Morgan fingerprint density at radius 3 is 2.62 bits per heavy atom. The lowest BCUT2D eigenvalue weighted by atomic mass is 10.0. The number of hydrogen-bond donors (Lipinski definition) is 1. The van der Waals surface area contributed by atoms with Gasteiger partial charge in [-0.25, -0.2) is 4.79 Å². The van der Waals surface area contributed by atoms with Crippen LogP contribution in [-0.4, -0.2) is 25.3 Å². The van der Waals surface area contributed by atoms with Crippen molar-refractivity contribution in [2.75, 3.05) is 14.2 Å². The van der Waals surface area contributed by atoms with Crippen molar-refractivity contribution in [1.82, 2.24) is 0 Å². The number of ether oxygens (including phenoxy) is 2. The van der Waals surface area contributed by atoms with E-state index in [0.29, 0.717) is 5.56 Å². The molecular formula is C11H11NO4. The fourth-order valence-electron chi connectivity index (χ4n) is 1.30. The van der Waals surface area contributed by atoms with E-state index in [2.05, 4.69) is 4.74 Å². The molecule has 1 aromatic carbocycles. The zero-order valence-corrected chi connectivity index (χ0v) is 8.98. The normalized spacial score (nSPS) is 9.38. The zero-order chi connectivity index (χ0) is 12.1. The Morgan fingerprint density at radius 2 is 2.19 bits per heavy atom. The summed E-state index contributed by atoms with van der Waals surface area (Å²) < 4.78 is 9.54. The van der Waals surface area contributed by atoms with Gasteiger partial charge in [-0.3, -0.25) is 0 Å². The summed E-state index contributed by atoms with van der Waals surface area (Å²) in [5.41, 5.74) is 0.823. The van der Waals surface area contributed by atoms with Gasteiger partial charge in [-0.1, -0.05) is 0 Å².